The first kappa shape index (κ1) is 14.6. The third-order valence-electron chi connectivity index (χ3n) is 3.65. The van der Waals surface area contributed by atoms with Crippen LogP contribution in [0.5, 0.6) is 5.75 Å². The SMILES string of the molecule is CCc1cc(CC(NC)c2cccc(OC)c2)n(C)n1. The highest BCUT2D eigenvalue weighted by molar-refractivity contribution is 5.31. The van der Waals surface area contributed by atoms with Crippen LogP contribution in [0.1, 0.15) is 29.9 Å². The molecule has 1 aromatic carbocycles. The van der Waals surface area contributed by atoms with E-state index in [2.05, 4.69) is 35.5 Å². The second-order valence-corrected chi connectivity index (χ2v) is 4.93. The number of nitrogens with zero attached hydrogens (tertiary/aromatic N) is 2. The normalized spacial score (nSPS) is 12.4. The molecule has 0 aliphatic carbocycles. The van der Waals surface area contributed by atoms with E-state index in [9.17, 15) is 0 Å². The minimum atomic E-state index is 0.255. The van der Waals surface area contributed by atoms with Gasteiger partial charge in [0.2, 0.25) is 0 Å². The quantitative estimate of drug-likeness (QED) is 0.879. The lowest BCUT2D eigenvalue weighted by Gasteiger charge is -2.17. The molecule has 2 rings (SSSR count). The molecule has 0 spiro atoms. The number of hydrogen-bond donors (Lipinski definition) is 1. The van der Waals surface area contributed by atoms with Gasteiger partial charge >= 0.3 is 0 Å². The van der Waals surface area contributed by atoms with Crippen molar-refractivity contribution in [2.45, 2.75) is 25.8 Å². The Morgan fingerprint density at radius 1 is 1.35 bits per heavy atom. The van der Waals surface area contributed by atoms with Crippen LogP contribution in [-0.2, 0) is 19.9 Å². The predicted molar refractivity (Wildman–Crippen MR) is 81.1 cm³/mol. The van der Waals surface area contributed by atoms with Crippen molar-refractivity contribution >= 4 is 0 Å². The Bertz CT molecular complexity index is 563. The van der Waals surface area contributed by atoms with Gasteiger partial charge in [0.1, 0.15) is 5.75 Å². The molecule has 0 aliphatic heterocycles. The lowest BCUT2D eigenvalue weighted by Crippen LogP contribution is -2.20. The monoisotopic (exact) mass is 273 g/mol. The fourth-order valence-electron chi connectivity index (χ4n) is 2.39. The molecule has 0 saturated carbocycles. The van der Waals surface area contributed by atoms with Crippen LogP contribution < -0.4 is 10.1 Å². The first-order chi connectivity index (χ1) is 9.67. The molecular formula is C16H23N3O. The Kier molecular flexibility index (Phi) is 4.79. The van der Waals surface area contributed by atoms with Gasteiger partial charge in [0, 0.05) is 25.2 Å². The van der Waals surface area contributed by atoms with Crippen molar-refractivity contribution in [3.63, 3.8) is 0 Å². The summed E-state index contributed by atoms with van der Waals surface area (Å²) in [5, 5.41) is 7.88. The summed E-state index contributed by atoms with van der Waals surface area (Å²) in [4.78, 5) is 0. The summed E-state index contributed by atoms with van der Waals surface area (Å²) in [5.41, 5.74) is 3.61. The molecule has 4 heteroatoms. The number of nitrogens with one attached hydrogen (secondary N) is 1. The third-order valence-corrected chi connectivity index (χ3v) is 3.65. The number of aromatic nitrogens is 2. The number of rotatable bonds is 6. The Labute approximate surface area is 120 Å². The van der Waals surface area contributed by atoms with E-state index in [1.54, 1.807) is 7.11 Å². The Morgan fingerprint density at radius 2 is 2.15 bits per heavy atom. The number of hydrogen-bond acceptors (Lipinski definition) is 3. The molecule has 0 radical (unpaired) electrons. The van der Waals surface area contributed by atoms with Gasteiger partial charge in [-0.05, 0) is 37.2 Å². The molecule has 4 nitrogen and oxygen atoms in total. The van der Waals surface area contributed by atoms with E-state index >= 15 is 0 Å². The van der Waals surface area contributed by atoms with Crippen LogP contribution in [0.15, 0.2) is 30.3 Å². The van der Waals surface area contributed by atoms with Gasteiger partial charge < -0.3 is 10.1 Å². The van der Waals surface area contributed by atoms with Gasteiger partial charge in [-0.25, -0.2) is 0 Å². The zero-order chi connectivity index (χ0) is 14.5. The van der Waals surface area contributed by atoms with Crippen LogP contribution in [0.25, 0.3) is 0 Å². The maximum Gasteiger partial charge on any atom is 0.119 e. The lowest BCUT2D eigenvalue weighted by molar-refractivity contribution is 0.413. The van der Waals surface area contributed by atoms with Gasteiger partial charge in [0.25, 0.3) is 0 Å². The Morgan fingerprint density at radius 3 is 2.75 bits per heavy atom. The maximum absolute atomic E-state index is 5.30. The maximum atomic E-state index is 5.30. The summed E-state index contributed by atoms with van der Waals surface area (Å²) in [6.07, 6.45) is 1.88. The molecule has 20 heavy (non-hydrogen) atoms. The highest BCUT2D eigenvalue weighted by atomic mass is 16.5. The van der Waals surface area contributed by atoms with E-state index in [0.29, 0.717) is 0 Å². The van der Waals surface area contributed by atoms with Crippen molar-refractivity contribution in [2.24, 2.45) is 7.05 Å². The zero-order valence-corrected chi connectivity index (χ0v) is 12.7. The van der Waals surface area contributed by atoms with Crippen LogP contribution in [0, 0.1) is 0 Å². The van der Waals surface area contributed by atoms with E-state index in [1.165, 1.54) is 11.3 Å². The molecule has 1 atom stereocenters. The largest absolute Gasteiger partial charge is 0.497 e. The van der Waals surface area contributed by atoms with Crippen molar-refractivity contribution in [1.82, 2.24) is 15.1 Å². The number of aryl methyl sites for hydroxylation is 2. The minimum Gasteiger partial charge on any atom is -0.497 e. The smallest absolute Gasteiger partial charge is 0.119 e. The molecule has 108 valence electrons. The molecule has 0 amide bonds. The van der Waals surface area contributed by atoms with Crippen molar-refractivity contribution < 1.29 is 4.74 Å². The van der Waals surface area contributed by atoms with E-state index in [0.717, 1.165) is 24.3 Å². The zero-order valence-electron chi connectivity index (χ0n) is 12.7. The summed E-state index contributed by atoms with van der Waals surface area (Å²) >= 11 is 0. The fraction of sp³-hybridized carbons (Fsp3) is 0.438. The van der Waals surface area contributed by atoms with E-state index in [4.69, 9.17) is 4.74 Å². The van der Waals surface area contributed by atoms with Crippen LogP contribution in [0.4, 0.5) is 0 Å². The summed E-state index contributed by atoms with van der Waals surface area (Å²) in [6, 6.07) is 10.6. The Hall–Kier alpha value is -1.81. The average Bonchev–Trinajstić information content (AvgIpc) is 2.85. The van der Waals surface area contributed by atoms with Gasteiger partial charge in [-0.1, -0.05) is 19.1 Å². The van der Waals surface area contributed by atoms with Crippen LogP contribution >= 0.6 is 0 Å². The van der Waals surface area contributed by atoms with Crippen molar-refractivity contribution in [1.29, 1.82) is 0 Å². The summed E-state index contributed by atoms with van der Waals surface area (Å²) in [5.74, 6) is 0.891. The predicted octanol–water partition coefficient (Wildman–Crippen LogP) is 2.49. The van der Waals surface area contributed by atoms with Crippen LogP contribution in [0.3, 0.4) is 0 Å². The molecule has 2 aromatic rings. The van der Waals surface area contributed by atoms with Crippen LogP contribution in [0.2, 0.25) is 0 Å². The molecule has 1 aromatic heterocycles. The van der Waals surface area contributed by atoms with E-state index in [-0.39, 0.29) is 6.04 Å². The average molecular weight is 273 g/mol. The van der Waals surface area contributed by atoms with Crippen molar-refractivity contribution in [3.8, 4) is 5.75 Å². The van der Waals surface area contributed by atoms with Crippen LogP contribution in [-0.4, -0.2) is 23.9 Å². The molecule has 0 fully saturated rings. The minimum absolute atomic E-state index is 0.255. The standard InChI is InChI=1S/C16H23N3O/c1-5-13-10-14(19(3)18-13)11-16(17-2)12-7-6-8-15(9-12)20-4/h6-10,16-17H,5,11H2,1-4H3. The van der Waals surface area contributed by atoms with Gasteiger partial charge in [-0.15, -0.1) is 0 Å². The highest BCUT2D eigenvalue weighted by Crippen LogP contribution is 2.22. The van der Waals surface area contributed by atoms with Crippen molar-refractivity contribution in [3.05, 3.63) is 47.3 Å². The first-order valence-corrected chi connectivity index (χ1v) is 7.01. The number of ether oxygens (including phenoxy) is 1. The van der Waals surface area contributed by atoms with Crippen molar-refractivity contribution in [2.75, 3.05) is 14.2 Å². The molecule has 0 aliphatic rings. The fourth-order valence-corrected chi connectivity index (χ4v) is 2.39. The molecule has 0 bridgehead atoms. The number of likely N-dealkylation sites (N-methyl/N-ethyl adjacent to an activating group) is 1. The number of benzene rings is 1. The van der Waals surface area contributed by atoms with Gasteiger partial charge in [-0.3, -0.25) is 4.68 Å². The second-order valence-electron chi connectivity index (χ2n) is 4.93. The first-order valence-electron chi connectivity index (χ1n) is 7.01. The van der Waals surface area contributed by atoms with E-state index < -0.39 is 0 Å². The summed E-state index contributed by atoms with van der Waals surface area (Å²) in [7, 11) is 5.69. The van der Waals surface area contributed by atoms with Gasteiger partial charge in [0.15, 0.2) is 0 Å². The van der Waals surface area contributed by atoms with E-state index in [1.807, 2.05) is 30.9 Å². The highest BCUT2D eigenvalue weighted by Gasteiger charge is 2.14. The number of methoxy groups -OCH3 is 1. The topological polar surface area (TPSA) is 39.1 Å². The molecule has 1 N–H and O–H groups in total. The van der Waals surface area contributed by atoms with Gasteiger partial charge in [0.05, 0.1) is 12.8 Å². The molecule has 1 unspecified atom stereocenters. The lowest BCUT2D eigenvalue weighted by atomic mass is 10.0. The second kappa shape index (κ2) is 6.57. The van der Waals surface area contributed by atoms with Gasteiger partial charge in [-0.2, -0.15) is 5.10 Å². The molecule has 1 heterocycles. The third kappa shape index (κ3) is 3.20. The molecular weight excluding hydrogens is 250 g/mol. The Balaban J connectivity index is 2.21. The summed E-state index contributed by atoms with van der Waals surface area (Å²) in [6.45, 7) is 2.13. The summed E-state index contributed by atoms with van der Waals surface area (Å²) < 4.78 is 7.28. The molecule has 0 saturated heterocycles.